The van der Waals surface area contributed by atoms with Crippen LogP contribution in [0.3, 0.4) is 0 Å². The summed E-state index contributed by atoms with van der Waals surface area (Å²) < 4.78 is 0. The number of nitrogens with one attached hydrogen (secondary N) is 2. The Labute approximate surface area is 174 Å². The van der Waals surface area contributed by atoms with E-state index in [9.17, 15) is 4.79 Å². The Balaban J connectivity index is 1.32. The Morgan fingerprint density at radius 3 is 2.61 bits per heavy atom. The molecule has 146 valence electrons. The third-order valence-corrected chi connectivity index (χ3v) is 5.58. The highest BCUT2D eigenvalue weighted by molar-refractivity contribution is 6.35. The number of hydrogen-bond donors (Lipinski definition) is 2. The molecular weight excluding hydrogens is 395 g/mol. The second-order valence-electron chi connectivity index (χ2n) is 7.40. The average molecular weight is 417 g/mol. The highest BCUT2D eigenvalue weighted by Crippen LogP contribution is 2.25. The molecule has 0 aliphatic carbocycles. The van der Waals surface area contributed by atoms with Crippen molar-refractivity contribution in [3.05, 3.63) is 57.8 Å². The van der Waals surface area contributed by atoms with Gasteiger partial charge in [0, 0.05) is 21.7 Å². The summed E-state index contributed by atoms with van der Waals surface area (Å²) in [4.78, 5) is 23.0. The van der Waals surface area contributed by atoms with Crippen LogP contribution >= 0.6 is 23.2 Å². The first-order chi connectivity index (χ1) is 13.5. The zero-order valence-corrected chi connectivity index (χ0v) is 17.1. The summed E-state index contributed by atoms with van der Waals surface area (Å²) >= 11 is 12.0. The molecule has 7 heteroatoms. The van der Waals surface area contributed by atoms with E-state index in [0.29, 0.717) is 15.7 Å². The molecule has 4 rings (SSSR count). The Morgan fingerprint density at radius 2 is 1.89 bits per heavy atom. The number of carbonyl (C=O) groups excluding carboxylic acids is 1. The zero-order valence-electron chi connectivity index (χ0n) is 15.6. The van der Waals surface area contributed by atoms with Crippen molar-refractivity contribution < 1.29 is 4.79 Å². The van der Waals surface area contributed by atoms with Crippen molar-refractivity contribution in [1.82, 2.24) is 14.9 Å². The third-order valence-electron chi connectivity index (χ3n) is 5.15. The van der Waals surface area contributed by atoms with Crippen LogP contribution in [0.25, 0.3) is 11.0 Å². The standard InChI is InChI=1S/C21H22Cl2N4O/c1-13-2-3-18-19(8-13)26-20(25-18)12-27-6-4-14(5-7-27)21(28)24-17-10-15(22)9-16(23)11-17/h2-3,8-11,14H,4-7,12H2,1H3,(H,24,28)(H,25,26). The van der Waals surface area contributed by atoms with Crippen LogP contribution in [0, 0.1) is 12.8 Å². The van der Waals surface area contributed by atoms with Gasteiger partial charge in [-0.2, -0.15) is 0 Å². The summed E-state index contributed by atoms with van der Waals surface area (Å²) in [6.45, 7) is 4.58. The number of halogens is 2. The van der Waals surface area contributed by atoms with Gasteiger partial charge in [-0.05, 0) is 68.8 Å². The highest BCUT2D eigenvalue weighted by atomic mass is 35.5. The van der Waals surface area contributed by atoms with Gasteiger partial charge in [-0.15, -0.1) is 0 Å². The highest BCUT2D eigenvalue weighted by Gasteiger charge is 2.25. The molecule has 2 aromatic carbocycles. The van der Waals surface area contributed by atoms with Gasteiger partial charge in [-0.25, -0.2) is 4.98 Å². The van der Waals surface area contributed by atoms with Crippen molar-refractivity contribution >= 4 is 45.8 Å². The number of benzene rings is 2. The molecule has 3 aromatic rings. The third kappa shape index (κ3) is 4.49. The van der Waals surface area contributed by atoms with Gasteiger partial charge in [0.1, 0.15) is 5.82 Å². The molecular formula is C21H22Cl2N4O. The lowest BCUT2D eigenvalue weighted by molar-refractivity contribution is -0.121. The molecule has 1 amide bonds. The van der Waals surface area contributed by atoms with Crippen LogP contribution in [-0.2, 0) is 11.3 Å². The van der Waals surface area contributed by atoms with Crippen LogP contribution in [0.4, 0.5) is 5.69 Å². The van der Waals surface area contributed by atoms with E-state index in [1.807, 2.05) is 6.07 Å². The van der Waals surface area contributed by atoms with E-state index >= 15 is 0 Å². The largest absolute Gasteiger partial charge is 0.341 e. The number of anilines is 1. The van der Waals surface area contributed by atoms with Gasteiger partial charge in [0.05, 0.1) is 17.6 Å². The van der Waals surface area contributed by atoms with Crippen molar-refractivity contribution in [2.45, 2.75) is 26.3 Å². The second kappa shape index (κ2) is 8.11. The minimum Gasteiger partial charge on any atom is -0.341 e. The molecule has 5 nitrogen and oxygen atoms in total. The van der Waals surface area contributed by atoms with Crippen molar-refractivity contribution in [1.29, 1.82) is 0 Å². The lowest BCUT2D eigenvalue weighted by atomic mass is 9.96. The van der Waals surface area contributed by atoms with E-state index in [2.05, 4.69) is 39.2 Å². The van der Waals surface area contributed by atoms with E-state index < -0.39 is 0 Å². The van der Waals surface area contributed by atoms with Gasteiger partial charge in [-0.1, -0.05) is 29.3 Å². The number of hydrogen-bond acceptors (Lipinski definition) is 3. The molecule has 1 saturated heterocycles. The van der Waals surface area contributed by atoms with Crippen molar-refractivity contribution in [2.75, 3.05) is 18.4 Å². The van der Waals surface area contributed by atoms with Gasteiger partial charge in [0.2, 0.25) is 5.91 Å². The maximum absolute atomic E-state index is 12.6. The number of piperidine rings is 1. The molecule has 1 aromatic heterocycles. The summed E-state index contributed by atoms with van der Waals surface area (Å²) in [7, 11) is 0. The van der Waals surface area contributed by atoms with Crippen LogP contribution in [0.5, 0.6) is 0 Å². The molecule has 0 spiro atoms. The van der Waals surface area contributed by atoms with Crippen molar-refractivity contribution in [2.24, 2.45) is 5.92 Å². The number of aromatic nitrogens is 2. The predicted molar refractivity (Wildman–Crippen MR) is 114 cm³/mol. The Morgan fingerprint density at radius 1 is 1.18 bits per heavy atom. The summed E-state index contributed by atoms with van der Waals surface area (Å²) in [5.74, 6) is 0.988. The summed E-state index contributed by atoms with van der Waals surface area (Å²) in [6.07, 6.45) is 1.64. The first kappa shape index (κ1) is 19.2. The van der Waals surface area contributed by atoms with E-state index in [4.69, 9.17) is 23.2 Å². The summed E-state index contributed by atoms with van der Waals surface area (Å²) in [6, 6.07) is 11.3. The van der Waals surface area contributed by atoms with Crippen LogP contribution < -0.4 is 5.32 Å². The maximum atomic E-state index is 12.6. The first-order valence-electron chi connectivity index (χ1n) is 9.41. The number of imidazole rings is 1. The Hall–Kier alpha value is -2.08. The number of H-pyrrole nitrogens is 1. The molecule has 1 fully saturated rings. The monoisotopic (exact) mass is 416 g/mol. The SMILES string of the molecule is Cc1ccc2nc(CN3CCC(C(=O)Nc4cc(Cl)cc(Cl)c4)CC3)[nH]c2c1. The topological polar surface area (TPSA) is 61.0 Å². The number of rotatable bonds is 4. The molecule has 0 bridgehead atoms. The van der Waals surface area contributed by atoms with Gasteiger partial charge < -0.3 is 10.3 Å². The van der Waals surface area contributed by atoms with Crippen LogP contribution in [-0.4, -0.2) is 33.9 Å². The zero-order chi connectivity index (χ0) is 19.7. The van der Waals surface area contributed by atoms with Gasteiger partial charge in [-0.3, -0.25) is 9.69 Å². The molecule has 0 atom stereocenters. The van der Waals surface area contributed by atoms with Crippen molar-refractivity contribution in [3.8, 4) is 0 Å². The molecule has 0 radical (unpaired) electrons. The predicted octanol–water partition coefficient (Wildman–Crippen LogP) is 5.03. The van der Waals surface area contributed by atoms with Crippen molar-refractivity contribution in [3.63, 3.8) is 0 Å². The molecule has 0 unspecified atom stereocenters. The average Bonchev–Trinajstić information content (AvgIpc) is 3.02. The lowest BCUT2D eigenvalue weighted by Crippen LogP contribution is -2.38. The minimum atomic E-state index is -0.00710. The fourth-order valence-corrected chi connectivity index (χ4v) is 4.21. The fourth-order valence-electron chi connectivity index (χ4n) is 3.69. The molecule has 28 heavy (non-hydrogen) atoms. The van der Waals surface area contributed by atoms with Crippen LogP contribution in [0.15, 0.2) is 36.4 Å². The summed E-state index contributed by atoms with van der Waals surface area (Å²) in [5.41, 5.74) is 3.93. The van der Waals surface area contributed by atoms with E-state index in [1.165, 1.54) is 5.56 Å². The van der Waals surface area contributed by atoms with Gasteiger partial charge in [0.25, 0.3) is 0 Å². The van der Waals surface area contributed by atoms with E-state index in [-0.39, 0.29) is 11.8 Å². The Kier molecular flexibility index (Phi) is 5.58. The number of aryl methyl sites for hydroxylation is 1. The van der Waals surface area contributed by atoms with E-state index in [0.717, 1.165) is 49.3 Å². The number of nitrogens with zero attached hydrogens (tertiary/aromatic N) is 2. The summed E-state index contributed by atoms with van der Waals surface area (Å²) in [5, 5.41) is 3.96. The number of aromatic amines is 1. The van der Waals surface area contributed by atoms with Gasteiger partial charge >= 0.3 is 0 Å². The van der Waals surface area contributed by atoms with Gasteiger partial charge in [0.15, 0.2) is 0 Å². The number of fused-ring (bicyclic) bond motifs is 1. The first-order valence-corrected chi connectivity index (χ1v) is 10.2. The number of likely N-dealkylation sites (tertiary alicyclic amines) is 1. The minimum absolute atomic E-state index is 0.00710. The normalized spacial score (nSPS) is 15.8. The fraction of sp³-hybridized carbons (Fsp3) is 0.333. The molecule has 1 aliphatic heterocycles. The number of amides is 1. The molecule has 0 saturated carbocycles. The molecule has 2 heterocycles. The maximum Gasteiger partial charge on any atom is 0.227 e. The smallest absolute Gasteiger partial charge is 0.227 e. The Bertz CT molecular complexity index is 989. The van der Waals surface area contributed by atoms with Crippen LogP contribution in [0.2, 0.25) is 10.0 Å². The van der Waals surface area contributed by atoms with Crippen LogP contribution in [0.1, 0.15) is 24.2 Å². The quantitative estimate of drug-likeness (QED) is 0.626. The number of carbonyl (C=O) groups is 1. The lowest BCUT2D eigenvalue weighted by Gasteiger charge is -2.30. The van der Waals surface area contributed by atoms with E-state index in [1.54, 1.807) is 18.2 Å². The second-order valence-corrected chi connectivity index (χ2v) is 8.27. The molecule has 1 aliphatic rings. The molecule has 2 N–H and O–H groups in total.